The fourth-order valence-electron chi connectivity index (χ4n) is 0.628. The average molecular weight is 277 g/mol. The smallest absolute Gasteiger partial charge is 0 e. The SMILES string of the molecule is CSC(=O)C1=C[CH]C=C1.N#[O+].[C-]#[O+].[C-]#[O+].[Cr]. The van der Waals surface area contributed by atoms with E-state index in [9.17, 15) is 4.79 Å². The van der Waals surface area contributed by atoms with Crippen LogP contribution in [0.1, 0.15) is 0 Å². The Balaban J connectivity index is -0.0000000900. The second kappa shape index (κ2) is 23.8. The topological polar surface area (TPSA) is 101 Å². The fraction of sp³-hybridized carbons (Fsp3) is 0.111. The number of allylic oxidation sites excluding steroid dienone is 3. The third kappa shape index (κ3) is 13.2. The molecule has 5 nitrogen and oxygen atoms in total. The number of rotatable bonds is 1. The summed E-state index contributed by atoms with van der Waals surface area (Å²) < 4.78 is 22.2. The zero-order valence-corrected chi connectivity index (χ0v) is 10.3. The molecule has 1 rings (SSSR count). The van der Waals surface area contributed by atoms with Crippen molar-refractivity contribution in [2.24, 2.45) is 0 Å². The minimum absolute atomic E-state index is 0. The van der Waals surface area contributed by atoms with E-state index in [0.717, 1.165) is 5.57 Å². The standard InChI is InChI=1S/C7H7OS.2CO.Cr.NO/c1-9-7(8)6-4-2-3-5-6;2*1-2;;1-2/h2-5H,1H3;;;;/q;;;;+1. The maximum atomic E-state index is 10.8. The molecule has 0 aliphatic heterocycles. The summed E-state index contributed by atoms with van der Waals surface area (Å²) in [5.41, 5.74) is 6.54. The molecular formula is C9H7CrNO4S+. The fourth-order valence-corrected chi connectivity index (χ4v) is 1.000. The van der Waals surface area contributed by atoms with Gasteiger partial charge in [0.25, 0.3) is 0 Å². The van der Waals surface area contributed by atoms with E-state index in [-0.39, 0.29) is 22.5 Å². The molecule has 1 radical (unpaired) electrons. The number of hydrogen-bond donors (Lipinski definition) is 0. The number of carbonyl (C=O) groups is 1. The molecular weight excluding hydrogens is 270 g/mol. The van der Waals surface area contributed by atoms with Crippen LogP contribution in [0.2, 0.25) is 0 Å². The number of carbonyl (C=O) groups excluding carboxylic acids is 1. The molecule has 0 bridgehead atoms. The van der Waals surface area contributed by atoms with Crippen molar-refractivity contribution in [1.82, 2.24) is 0 Å². The Labute approximate surface area is 108 Å². The van der Waals surface area contributed by atoms with E-state index >= 15 is 0 Å². The zero-order chi connectivity index (χ0) is 12.7. The molecule has 1 aliphatic rings. The summed E-state index contributed by atoms with van der Waals surface area (Å²) in [5, 5.41) is 0.139. The van der Waals surface area contributed by atoms with Crippen LogP contribution in [0.25, 0.3) is 0 Å². The molecule has 0 aromatic carbocycles. The van der Waals surface area contributed by atoms with Crippen molar-refractivity contribution in [3.8, 4) is 0 Å². The molecule has 0 aromatic heterocycles. The molecule has 0 spiro atoms. The average Bonchev–Trinajstić information content (AvgIpc) is 2.89. The van der Waals surface area contributed by atoms with Crippen LogP contribution < -0.4 is 0 Å². The van der Waals surface area contributed by atoms with E-state index in [0.29, 0.717) is 0 Å². The number of hydrogen-bond acceptors (Lipinski definition) is 3. The van der Waals surface area contributed by atoms with Crippen LogP contribution in [0.4, 0.5) is 0 Å². The van der Waals surface area contributed by atoms with Crippen LogP contribution >= 0.6 is 11.8 Å². The van der Waals surface area contributed by atoms with E-state index in [2.05, 4.69) is 13.3 Å². The summed E-state index contributed by atoms with van der Waals surface area (Å²) in [6.45, 7) is 9.00. The first-order chi connectivity index (χ1) is 7.34. The van der Waals surface area contributed by atoms with Gasteiger partial charge in [-0.05, 0) is 6.26 Å². The molecule has 0 amide bonds. The van der Waals surface area contributed by atoms with Gasteiger partial charge in [0.2, 0.25) is 5.12 Å². The number of nitrogens with zero attached hydrogens (tertiary/aromatic N) is 1. The second-order valence-electron chi connectivity index (χ2n) is 1.67. The summed E-state index contributed by atoms with van der Waals surface area (Å²) >= 11 is 1.24. The van der Waals surface area contributed by atoms with Gasteiger partial charge >= 0.3 is 32.8 Å². The molecule has 0 heterocycles. The van der Waals surface area contributed by atoms with E-state index in [4.69, 9.17) is 19.5 Å². The van der Waals surface area contributed by atoms with Crippen LogP contribution in [-0.4, -0.2) is 11.4 Å². The van der Waals surface area contributed by atoms with Gasteiger partial charge in [0.1, 0.15) is 0 Å². The third-order valence-electron chi connectivity index (χ3n) is 1.08. The van der Waals surface area contributed by atoms with E-state index in [1.165, 1.54) is 11.8 Å². The van der Waals surface area contributed by atoms with Gasteiger partial charge in [-0.15, -0.1) is 0 Å². The minimum atomic E-state index is 0. The first-order valence-corrected chi connectivity index (χ1v) is 4.46. The van der Waals surface area contributed by atoms with Crippen molar-refractivity contribution in [3.05, 3.63) is 43.5 Å². The number of thioether (sulfide) groups is 1. The van der Waals surface area contributed by atoms with E-state index < -0.39 is 0 Å². The third-order valence-corrected chi connectivity index (χ3v) is 1.69. The first kappa shape index (κ1) is 24.4. The van der Waals surface area contributed by atoms with Gasteiger partial charge in [-0.1, -0.05) is 30.0 Å². The Hall–Kier alpha value is -0.818. The zero-order valence-electron chi connectivity index (χ0n) is 8.21. The van der Waals surface area contributed by atoms with Gasteiger partial charge in [0.15, 0.2) is 0 Å². The first-order valence-electron chi connectivity index (χ1n) is 3.23. The van der Waals surface area contributed by atoms with Crippen molar-refractivity contribution < 1.29 is 36.2 Å². The summed E-state index contributed by atoms with van der Waals surface area (Å²) in [4.78, 5) is 10.8. The van der Waals surface area contributed by atoms with Crippen LogP contribution in [0.15, 0.2) is 23.8 Å². The van der Waals surface area contributed by atoms with Crippen molar-refractivity contribution in [1.29, 1.82) is 5.46 Å². The van der Waals surface area contributed by atoms with Crippen molar-refractivity contribution >= 4 is 16.9 Å². The minimum Gasteiger partial charge on any atom is 0 e. The molecule has 0 saturated heterocycles. The van der Waals surface area contributed by atoms with E-state index in [1.54, 1.807) is 6.26 Å². The molecule has 0 fully saturated rings. The molecule has 1 aliphatic carbocycles. The van der Waals surface area contributed by atoms with Crippen LogP contribution in [-0.2, 0) is 36.2 Å². The monoisotopic (exact) mass is 277 g/mol. The van der Waals surface area contributed by atoms with Gasteiger partial charge < -0.3 is 0 Å². The van der Waals surface area contributed by atoms with Crippen molar-refractivity contribution in [2.75, 3.05) is 6.26 Å². The summed E-state index contributed by atoms with van der Waals surface area (Å²) in [7, 11) is 0. The van der Waals surface area contributed by atoms with Gasteiger partial charge in [-0.3, -0.25) is 4.79 Å². The van der Waals surface area contributed by atoms with Gasteiger partial charge in [0.05, 0.1) is 0 Å². The summed E-state index contributed by atoms with van der Waals surface area (Å²) in [6, 6.07) is 0. The van der Waals surface area contributed by atoms with Crippen LogP contribution in [0.5, 0.6) is 0 Å². The molecule has 0 unspecified atom stereocenters. The van der Waals surface area contributed by atoms with Crippen molar-refractivity contribution in [3.63, 3.8) is 0 Å². The largest absolute Gasteiger partial charge is 0 e. The van der Waals surface area contributed by atoms with Gasteiger partial charge in [-0.25, -0.2) is 0 Å². The summed E-state index contributed by atoms with van der Waals surface area (Å²) in [6.07, 6.45) is 9.15. The quantitative estimate of drug-likeness (QED) is 0.534. The maximum absolute atomic E-state index is 10.8. The maximum Gasteiger partial charge on any atom is 0 e. The Bertz CT molecular complexity index is 279. The molecule has 0 aromatic rings. The molecule has 16 heavy (non-hydrogen) atoms. The second-order valence-corrected chi connectivity index (χ2v) is 2.44. The Morgan fingerprint density at radius 1 is 1.31 bits per heavy atom. The Morgan fingerprint density at radius 2 is 1.75 bits per heavy atom. The van der Waals surface area contributed by atoms with E-state index in [1.807, 2.05) is 24.6 Å². The van der Waals surface area contributed by atoms with Crippen LogP contribution in [0, 0.1) is 25.2 Å². The Kier molecular flexibility index (Phi) is 36.3. The molecule has 0 atom stereocenters. The molecule has 83 valence electrons. The molecule has 7 heteroatoms. The van der Waals surface area contributed by atoms with Gasteiger partial charge in [-0.2, -0.15) is 0 Å². The predicted molar refractivity (Wildman–Crippen MR) is 50.3 cm³/mol. The normalized spacial score (nSPS) is 9.31. The van der Waals surface area contributed by atoms with Crippen LogP contribution in [0.3, 0.4) is 0 Å². The molecule has 0 N–H and O–H groups in total. The van der Waals surface area contributed by atoms with Crippen molar-refractivity contribution in [2.45, 2.75) is 0 Å². The predicted octanol–water partition coefficient (Wildman–Crippen LogP) is 1.40. The Morgan fingerprint density at radius 3 is 2.00 bits per heavy atom. The van der Waals surface area contributed by atoms with Gasteiger partial charge in [0, 0.05) is 29.4 Å². The molecule has 0 saturated carbocycles. The summed E-state index contributed by atoms with van der Waals surface area (Å²) in [5.74, 6) is 0.